The Labute approximate surface area is 101 Å². The van der Waals surface area contributed by atoms with Crippen molar-refractivity contribution in [3.63, 3.8) is 0 Å². The van der Waals surface area contributed by atoms with E-state index in [4.69, 9.17) is 0 Å². The molecule has 1 N–H and O–H groups in total. The van der Waals surface area contributed by atoms with E-state index in [1.807, 2.05) is 17.8 Å². The summed E-state index contributed by atoms with van der Waals surface area (Å²) in [5, 5.41) is 3.55. The van der Waals surface area contributed by atoms with Crippen LogP contribution in [-0.2, 0) is 6.42 Å². The first kappa shape index (κ1) is 11.9. The van der Waals surface area contributed by atoms with Gasteiger partial charge in [0.25, 0.3) is 0 Å². The van der Waals surface area contributed by atoms with Crippen molar-refractivity contribution in [3.8, 4) is 0 Å². The second-order valence-corrected chi connectivity index (χ2v) is 5.22. The first-order chi connectivity index (χ1) is 7.81. The van der Waals surface area contributed by atoms with Crippen LogP contribution in [0.15, 0.2) is 18.2 Å². The van der Waals surface area contributed by atoms with Crippen LogP contribution in [0, 0.1) is 5.82 Å². The van der Waals surface area contributed by atoms with E-state index in [0.29, 0.717) is 6.04 Å². The van der Waals surface area contributed by atoms with Crippen molar-refractivity contribution in [3.05, 3.63) is 35.1 Å². The van der Waals surface area contributed by atoms with Crippen molar-refractivity contribution < 1.29 is 4.39 Å². The molecule has 1 aromatic rings. The van der Waals surface area contributed by atoms with Crippen LogP contribution in [0.25, 0.3) is 0 Å². The Morgan fingerprint density at radius 2 is 2.38 bits per heavy atom. The quantitative estimate of drug-likeness (QED) is 0.810. The molecule has 0 spiro atoms. The smallest absolute Gasteiger partial charge is 0.123 e. The van der Waals surface area contributed by atoms with Gasteiger partial charge in [0.05, 0.1) is 0 Å². The van der Waals surface area contributed by atoms with E-state index in [2.05, 4.69) is 11.6 Å². The molecule has 0 heterocycles. The maximum atomic E-state index is 13.1. The summed E-state index contributed by atoms with van der Waals surface area (Å²) in [5.41, 5.74) is 2.49. The predicted octanol–water partition coefficient (Wildman–Crippen LogP) is 3.16. The van der Waals surface area contributed by atoms with E-state index >= 15 is 0 Å². The maximum absolute atomic E-state index is 13.1. The molecule has 0 saturated heterocycles. The van der Waals surface area contributed by atoms with Gasteiger partial charge in [-0.2, -0.15) is 11.8 Å². The van der Waals surface area contributed by atoms with Crippen molar-refractivity contribution in [2.75, 3.05) is 18.6 Å². The van der Waals surface area contributed by atoms with Crippen molar-refractivity contribution >= 4 is 11.8 Å². The van der Waals surface area contributed by atoms with Gasteiger partial charge in [0, 0.05) is 18.3 Å². The van der Waals surface area contributed by atoms with Crippen LogP contribution in [0.2, 0.25) is 0 Å². The SMILES string of the molecule is CSCCNC1CCCc2cc(F)ccc21. The van der Waals surface area contributed by atoms with Crippen molar-refractivity contribution in [1.82, 2.24) is 5.32 Å². The summed E-state index contributed by atoms with van der Waals surface area (Å²) in [6.07, 6.45) is 5.47. The van der Waals surface area contributed by atoms with Gasteiger partial charge in [-0.15, -0.1) is 0 Å². The molecular formula is C13H18FNS. The van der Waals surface area contributed by atoms with E-state index in [1.54, 1.807) is 12.1 Å². The summed E-state index contributed by atoms with van der Waals surface area (Å²) >= 11 is 1.85. The maximum Gasteiger partial charge on any atom is 0.123 e. The number of halogens is 1. The third-order valence-electron chi connectivity index (χ3n) is 3.12. The number of fused-ring (bicyclic) bond motifs is 1. The van der Waals surface area contributed by atoms with Crippen LogP contribution in [0.4, 0.5) is 4.39 Å². The minimum Gasteiger partial charge on any atom is -0.309 e. The van der Waals surface area contributed by atoms with E-state index in [1.165, 1.54) is 17.5 Å². The highest BCUT2D eigenvalue weighted by Gasteiger charge is 2.19. The molecule has 0 amide bonds. The minimum absolute atomic E-state index is 0.108. The largest absolute Gasteiger partial charge is 0.309 e. The Bertz CT molecular complexity index is 354. The molecule has 1 nitrogen and oxygen atoms in total. The lowest BCUT2D eigenvalue weighted by Gasteiger charge is -2.26. The molecule has 0 fully saturated rings. The monoisotopic (exact) mass is 239 g/mol. The number of aryl methyl sites for hydroxylation is 1. The van der Waals surface area contributed by atoms with Crippen molar-refractivity contribution in [2.45, 2.75) is 25.3 Å². The highest BCUT2D eigenvalue weighted by Crippen LogP contribution is 2.29. The van der Waals surface area contributed by atoms with Gasteiger partial charge in [0.2, 0.25) is 0 Å². The zero-order valence-electron chi connectivity index (χ0n) is 9.63. The minimum atomic E-state index is -0.108. The van der Waals surface area contributed by atoms with Gasteiger partial charge in [-0.25, -0.2) is 4.39 Å². The summed E-state index contributed by atoms with van der Waals surface area (Å²) in [5.74, 6) is 1.02. The van der Waals surface area contributed by atoms with Gasteiger partial charge in [0.15, 0.2) is 0 Å². The molecule has 0 radical (unpaired) electrons. The molecule has 1 atom stereocenters. The molecule has 1 aromatic carbocycles. The van der Waals surface area contributed by atoms with Crippen molar-refractivity contribution in [2.24, 2.45) is 0 Å². The van der Waals surface area contributed by atoms with Gasteiger partial charge in [-0.05, 0) is 48.8 Å². The lowest BCUT2D eigenvalue weighted by molar-refractivity contribution is 0.471. The topological polar surface area (TPSA) is 12.0 Å². The third-order valence-corrected chi connectivity index (χ3v) is 3.73. The lowest BCUT2D eigenvalue weighted by Crippen LogP contribution is -2.27. The first-order valence-electron chi connectivity index (χ1n) is 5.82. The number of benzene rings is 1. The lowest BCUT2D eigenvalue weighted by atomic mass is 9.87. The molecule has 1 aliphatic rings. The van der Waals surface area contributed by atoms with Gasteiger partial charge in [-0.3, -0.25) is 0 Å². The number of hydrogen-bond acceptors (Lipinski definition) is 2. The molecule has 88 valence electrons. The Hall–Kier alpha value is -0.540. The number of nitrogens with one attached hydrogen (secondary N) is 1. The molecule has 0 bridgehead atoms. The number of hydrogen-bond donors (Lipinski definition) is 1. The molecule has 3 heteroatoms. The molecule has 0 aliphatic heterocycles. The van der Waals surface area contributed by atoms with Crippen LogP contribution >= 0.6 is 11.8 Å². The van der Waals surface area contributed by atoms with E-state index in [9.17, 15) is 4.39 Å². The van der Waals surface area contributed by atoms with E-state index in [0.717, 1.165) is 25.1 Å². The molecule has 2 rings (SSSR count). The molecular weight excluding hydrogens is 221 g/mol. The highest BCUT2D eigenvalue weighted by molar-refractivity contribution is 7.98. The van der Waals surface area contributed by atoms with Crippen LogP contribution in [0.1, 0.15) is 30.0 Å². The Morgan fingerprint density at radius 3 is 3.19 bits per heavy atom. The molecule has 0 saturated carbocycles. The van der Waals surface area contributed by atoms with Crippen LogP contribution in [-0.4, -0.2) is 18.6 Å². The Morgan fingerprint density at radius 1 is 1.50 bits per heavy atom. The van der Waals surface area contributed by atoms with Crippen LogP contribution in [0.3, 0.4) is 0 Å². The molecule has 16 heavy (non-hydrogen) atoms. The average Bonchev–Trinajstić information content (AvgIpc) is 2.29. The average molecular weight is 239 g/mol. The van der Waals surface area contributed by atoms with Crippen LogP contribution in [0.5, 0.6) is 0 Å². The predicted molar refractivity (Wildman–Crippen MR) is 68.5 cm³/mol. The summed E-state index contributed by atoms with van der Waals surface area (Å²) in [7, 11) is 0. The van der Waals surface area contributed by atoms with Gasteiger partial charge in [0.1, 0.15) is 5.82 Å². The first-order valence-corrected chi connectivity index (χ1v) is 7.21. The number of rotatable bonds is 4. The fraction of sp³-hybridized carbons (Fsp3) is 0.538. The summed E-state index contributed by atoms with van der Waals surface area (Å²) in [6, 6.07) is 5.64. The second-order valence-electron chi connectivity index (χ2n) is 4.23. The number of thioether (sulfide) groups is 1. The second kappa shape index (κ2) is 5.69. The van der Waals surface area contributed by atoms with Gasteiger partial charge < -0.3 is 5.32 Å². The van der Waals surface area contributed by atoms with Gasteiger partial charge in [-0.1, -0.05) is 6.07 Å². The summed E-state index contributed by atoms with van der Waals surface area (Å²) in [4.78, 5) is 0. The van der Waals surface area contributed by atoms with E-state index in [-0.39, 0.29) is 5.82 Å². The summed E-state index contributed by atoms with van der Waals surface area (Å²) in [6.45, 7) is 1.03. The standard InChI is InChI=1S/C13H18FNS/c1-16-8-7-15-13-4-2-3-10-9-11(14)5-6-12(10)13/h5-6,9,13,15H,2-4,7-8H2,1H3. The highest BCUT2D eigenvalue weighted by atomic mass is 32.2. The van der Waals surface area contributed by atoms with Gasteiger partial charge >= 0.3 is 0 Å². The van der Waals surface area contributed by atoms with Crippen LogP contribution < -0.4 is 5.32 Å². The third kappa shape index (κ3) is 2.77. The zero-order valence-corrected chi connectivity index (χ0v) is 10.4. The fourth-order valence-corrected chi connectivity index (χ4v) is 2.65. The Balaban J connectivity index is 2.07. The van der Waals surface area contributed by atoms with Crippen molar-refractivity contribution in [1.29, 1.82) is 0 Å². The summed E-state index contributed by atoms with van der Waals surface area (Å²) < 4.78 is 13.1. The Kier molecular flexibility index (Phi) is 4.24. The molecule has 0 aromatic heterocycles. The molecule has 1 unspecified atom stereocenters. The van der Waals surface area contributed by atoms with E-state index < -0.39 is 0 Å². The molecule has 1 aliphatic carbocycles. The normalized spacial score (nSPS) is 19.5. The fourth-order valence-electron chi connectivity index (χ4n) is 2.33. The zero-order chi connectivity index (χ0) is 11.4.